The summed E-state index contributed by atoms with van der Waals surface area (Å²) < 4.78 is 41.3. The van der Waals surface area contributed by atoms with Crippen molar-refractivity contribution < 1.29 is 27.1 Å². The molecule has 0 aromatic heterocycles. The Bertz CT molecular complexity index is 939. The van der Waals surface area contributed by atoms with Crippen LogP contribution >= 0.6 is 0 Å². The highest BCUT2D eigenvalue weighted by molar-refractivity contribution is 7.90. The Kier molecular flexibility index (Phi) is 5.76. The number of rotatable bonds is 5. The number of amides is 1. The zero-order valence-corrected chi connectivity index (χ0v) is 15.3. The Morgan fingerprint density at radius 2 is 1.73 bits per heavy atom. The number of carbonyl (C=O) groups excluding carboxylic acids is 2. The van der Waals surface area contributed by atoms with Crippen molar-refractivity contribution >= 4 is 27.4 Å². The van der Waals surface area contributed by atoms with Crippen molar-refractivity contribution in [1.29, 1.82) is 0 Å². The van der Waals surface area contributed by atoms with Gasteiger partial charge >= 0.3 is 5.97 Å². The van der Waals surface area contributed by atoms with Gasteiger partial charge < -0.3 is 10.1 Å². The van der Waals surface area contributed by atoms with Gasteiger partial charge in [0.15, 0.2) is 15.9 Å². The third-order valence-electron chi connectivity index (χ3n) is 3.62. The number of ether oxygens (including phenoxy) is 1. The molecule has 6 nitrogen and oxygen atoms in total. The summed E-state index contributed by atoms with van der Waals surface area (Å²) in [5.41, 5.74) is 0.942. The lowest BCUT2D eigenvalue weighted by Gasteiger charge is -2.15. The van der Waals surface area contributed by atoms with E-state index in [4.69, 9.17) is 4.74 Å². The second-order valence-corrected chi connectivity index (χ2v) is 7.81. The molecule has 2 aromatic rings. The first-order valence-electron chi connectivity index (χ1n) is 7.66. The summed E-state index contributed by atoms with van der Waals surface area (Å²) in [5.74, 6) is -1.85. The fourth-order valence-corrected chi connectivity index (χ4v) is 2.75. The number of nitrogens with one attached hydrogen (secondary N) is 1. The lowest BCUT2D eigenvalue weighted by atomic mass is 10.1. The van der Waals surface area contributed by atoms with E-state index in [1.807, 2.05) is 0 Å². The van der Waals surface area contributed by atoms with E-state index in [1.165, 1.54) is 49.4 Å². The Morgan fingerprint density at radius 1 is 1.12 bits per heavy atom. The maximum absolute atomic E-state index is 12.9. The highest BCUT2D eigenvalue weighted by Crippen LogP contribution is 2.17. The van der Waals surface area contributed by atoms with Gasteiger partial charge in [0.1, 0.15) is 5.82 Å². The average molecular weight is 379 g/mol. The van der Waals surface area contributed by atoms with Crippen molar-refractivity contribution in [2.24, 2.45) is 0 Å². The van der Waals surface area contributed by atoms with Crippen LogP contribution in [0.3, 0.4) is 0 Å². The molecular weight excluding hydrogens is 361 g/mol. The van der Waals surface area contributed by atoms with Crippen LogP contribution in [0.5, 0.6) is 0 Å². The molecule has 26 heavy (non-hydrogen) atoms. The lowest BCUT2D eigenvalue weighted by molar-refractivity contribution is -0.123. The van der Waals surface area contributed by atoms with Gasteiger partial charge in [-0.2, -0.15) is 0 Å². The van der Waals surface area contributed by atoms with E-state index in [2.05, 4.69) is 5.32 Å². The van der Waals surface area contributed by atoms with Gasteiger partial charge in [0, 0.05) is 11.9 Å². The lowest BCUT2D eigenvalue weighted by Crippen LogP contribution is -2.30. The molecule has 0 heterocycles. The largest absolute Gasteiger partial charge is 0.449 e. The van der Waals surface area contributed by atoms with Crippen LogP contribution in [0.2, 0.25) is 0 Å². The molecule has 0 saturated carbocycles. The van der Waals surface area contributed by atoms with Gasteiger partial charge in [-0.15, -0.1) is 0 Å². The Hall–Kier alpha value is -2.74. The minimum atomic E-state index is -3.48. The number of sulfone groups is 1. The van der Waals surface area contributed by atoms with Crippen LogP contribution < -0.4 is 5.32 Å². The summed E-state index contributed by atoms with van der Waals surface area (Å²) in [4.78, 5) is 24.4. The maximum atomic E-state index is 12.9. The maximum Gasteiger partial charge on any atom is 0.339 e. The molecule has 0 fully saturated rings. The van der Waals surface area contributed by atoms with E-state index in [1.54, 1.807) is 6.92 Å². The number of hydrogen-bond acceptors (Lipinski definition) is 5. The van der Waals surface area contributed by atoms with Crippen LogP contribution in [0.25, 0.3) is 0 Å². The highest BCUT2D eigenvalue weighted by atomic mass is 32.2. The molecule has 0 aliphatic rings. The van der Waals surface area contributed by atoms with Crippen molar-refractivity contribution in [2.45, 2.75) is 24.8 Å². The van der Waals surface area contributed by atoms with Crippen LogP contribution in [-0.2, 0) is 19.4 Å². The average Bonchev–Trinajstić information content (AvgIpc) is 2.56. The third-order valence-corrected chi connectivity index (χ3v) is 4.73. The summed E-state index contributed by atoms with van der Waals surface area (Å²) in [7, 11) is -3.48. The first-order valence-corrected chi connectivity index (χ1v) is 9.55. The summed E-state index contributed by atoms with van der Waals surface area (Å²) in [6.07, 6.45) is -0.0974. The van der Waals surface area contributed by atoms with Gasteiger partial charge in [0.25, 0.3) is 5.91 Å². The van der Waals surface area contributed by atoms with Gasteiger partial charge in [0.05, 0.1) is 10.5 Å². The van der Waals surface area contributed by atoms with Crippen LogP contribution in [-0.4, -0.2) is 32.7 Å². The quantitative estimate of drug-likeness (QED) is 0.807. The zero-order valence-electron chi connectivity index (χ0n) is 14.4. The normalized spacial score (nSPS) is 12.3. The molecule has 1 amide bonds. The van der Waals surface area contributed by atoms with Crippen LogP contribution in [0.1, 0.15) is 22.8 Å². The van der Waals surface area contributed by atoms with Crippen LogP contribution in [0.15, 0.2) is 47.4 Å². The van der Waals surface area contributed by atoms with Crippen molar-refractivity contribution in [3.05, 3.63) is 59.4 Å². The number of hydrogen-bond donors (Lipinski definition) is 1. The fraction of sp³-hybridized carbons (Fsp3) is 0.222. The van der Waals surface area contributed by atoms with Gasteiger partial charge in [-0.3, -0.25) is 4.79 Å². The van der Waals surface area contributed by atoms with Crippen LogP contribution in [0, 0.1) is 12.7 Å². The number of benzene rings is 2. The van der Waals surface area contributed by atoms with Gasteiger partial charge in [-0.25, -0.2) is 17.6 Å². The number of halogens is 1. The molecule has 0 spiro atoms. The molecule has 138 valence electrons. The van der Waals surface area contributed by atoms with E-state index in [0.29, 0.717) is 11.3 Å². The molecule has 0 aliphatic heterocycles. The molecule has 2 aromatic carbocycles. The molecule has 0 unspecified atom stereocenters. The molecule has 0 aliphatic carbocycles. The summed E-state index contributed by atoms with van der Waals surface area (Å²) >= 11 is 0. The number of anilines is 1. The fourth-order valence-electron chi connectivity index (χ4n) is 2.11. The monoisotopic (exact) mass is 379 g/mol. The van der Waals surface area contributed by atoms with E-state index in [0.717, 1.165) is 6.26 Å². The Balaban J connectivity index is 2.11. The molecule has 1 atom stereocenters. The smallest absolute Gasteiger partial charge is 0.339 e. The Labute approximate surface area is 150 Å². The molecule has 1 N–H and O–H groups in total. The molecule has 0 bridgehead atoms. The first kappa shape index (κ1) is 19.6. The minimum Gasteiger partial charge on any atom is -0.449 e. The summed E-state index contributed by atoms with van der Waals surface area (Å²) in [6.45, 7) is 3.01. The van der Waals surface area contributed by atoms with E-state index >= 15 is 0 Å². The van der Waals surface area contributed by atoms with E-state index in [9.17, 15) is 22.4 Å². The van der Waals surface area contributed by atoms with Crippen molar-refractivity contribution in [2.75, 3.05) is 11.6 Å². The zero-order chi connectivity index (χ0) is 19.5. The van der Waals surface area contributed by atoms with Crippen molar-refractivity contribution in [1.82, 2.24) is 0 Å². The standard InChI is InChI=1S/C18H18FNO5S/c1-11-4-9-15(26(3,23)24)10-16(11)18(22)25-12(2)17(21)20-14-7-5-13(19)6-8-14/h4-10,12H,1-3H3,(H,20,21)/t12-/m1/s1. The van der Waals surface area contributed by atoms with Crippen LogP contribution in [0.4, 0.5) is 10.1 Å². The Morgan fingerprint density at radius 3 is 2.31 bits per heavy atom. The molecule has 0 radical (unpaired) electrons. The van der Waals surface area contributed by atoms with Gasteiger partial charge in [-0.1, -0.05) is 6.07 Å². The number of aryl methyl sites for hydroxylation is 1. The summed E-state index contributed by atoms with van der Waals surface area (Å²) in [5, 5.41) is 2.50. The van der Waals surface area contributed by atoms with Crippen molar-refractivity contribution in [3.8, 4) is 0 Å². The molecule has 8 heteroatoms. The summed E-state index contributed by atoms with van der Waals surface area (Å²) in [6, 6.07) is 9.24. The number of esters is 1. The SMILES string of the molecule is Cc1ccc(S(C)(=O)=O)cc1C(=O)O[C@H](C)C(=O)Nc1ccc(F)cc1. The highest BCUT2D eigenvalue weighted by Gasteiger charge is 2.21. The second-order valence-electron chi connectivity index (χ2n) is 5.79. The van der Waals surface area contributed by atoms with Gasteiger partial charge in [-0.05, 0) is 55.8 Å². The minimum absolute atomic E-state index is 0.0153. The number of carbonyl (C=O) groups is 2. The van der Waals surface area contributed by atoms with Crippen molar-refractivity contribution in [3.63, 3.8) is 0 Å². The first-order chi connectivity index (χ1) is 12.1. The molecular formula is C18H18FNO5S. The molecule has 0 saturated heterocycles. The van der Waals surface area contributed by atoms with E-state index < -0.39 is 33.6 Å². The predicted octanol–water partition coefficient (Wildman–Crippen LogP) is 2.72. The third kappa shape index (κ3) is 4.89. The van der Waals surface area contributed by atoms with E-state index in [-0.39, 0.29) is 10.5 Å². The topological polar surface area (TPSA) is 89.5 Å². The predicted molar refractivity (Wildman–Crippen MR) is 94.2 cm³/mol. The van der Waals surface area contributed by atoms with Gasteiger partial charge in [0.2, 0.25) is 0 Å². The second kappa shape index (κ2) is 7.65. The molecule has 2 rings (SSSR count).